The third-order valence-electron chi connectivity index (χ3n) is 5.86. The molecule has 0 aliphatic carbocycles. The van der Waals surface area contributed by atoms with Gasteiger partial charge >= 0.3 is 5.76 Å². The van der Waals surface area contributed by atoms with Crippen molar-refractivity contribution in [1.82, 2.24) is 25.3 Å². The summed E-state index contributed by atoms with van der Waals surface area (Å²) in [5, 5.41) is 13.8. The summed E-state index contributed by atoms with van der Waals surface area (Å²) in [6, 6.07) is 8.82. The number of nitrogens with one attached hydrogen (secondary N) is 3. The molecule has 10 heteroatoms. The minimum atomic E-state index is -0.595. The predicted molar refractivity (Wildman–Crippen MR) is 141 cm³/mol. The van der Waals surface area contributed by atoms with Crippen LogP contribution in [0.5, 0.6) is 0 Å². The maximum absolute atomic E-state index is 13.3. The van der Waals surface area contributed by atoms with Crippen molar-refractivity contribution in [1.29, 1.82) is 0 Å². The molecule has 2 aromatic heterocycles. The second-order valence-corrected chi connectivity index (χ2v) is 11.4. The standard InChI is InChI=1S/C27H32N6O4/c1-15-8-9-16(10-21(15)33-13-20(31-32-33)24(35)28-14-26(2,3)4)23(34)29-18-11-17(27(5,6)7)12-19-22(18)37-25(36)30-19/h8-13H,14H2,1-7H3,(H,28,35)(H,29,34)(H,30,36). The molecule has 0 fully saturated rings. The van der Waals surface area contributed by atoms with Crippen molar-refractivity contribution in [2.45, 2.75) is 53.9 Å². The molecule has 10 nitrogen and oxygen atoms in total. The highest BCUT2D eigenvalue weighted by atomic mass is 16.4. The van der Waals surface area contributed by atoms with Crippen LogP contribution >= 0.6 is 0 Å². The number of aromatic amines is 1. The Balaban J connectivity index is 1.62. The van der Waals surface area contributed by atoms with E-state index in [0.29, 0.717) is 29.0 Å². The van der Waals surface area contributed by atoms with Crippen molar-refractivity contribution >= 4 is 28.6 Å². The van der Waals surface area contributed by atoms with Crippen LogP contribution in [0.15, 0.2) is 45.7 Å². The lowest BCUT2D eigenvalue weighted by atomic mass is 9.86. The van der Waals surface area contributed by atoms with Crippen molar-refractivity contribution < 1.29 is 14.0 Å². The van der Waals surface area contributed by atoms with E-state index >= 15 is 0 Å². The zero-order chi connectivity index (χ0) is 27.1. The highest BCUT2D eigenvalue weighted by molar-refractivity contribution is 6.08. The van der Waals surface area contributed by atoms with E-state index in [1.165, 1.54) is 10.9 Å². The van der Waals surface area contributed by atoms with E-state index in [0.717, 1.165) is 11.1 Å². The molecule has 0 bridgehead atoms. The van der Waals surface area contributed by atoms with Crippen LogP contribution in [0, 0.1) is 12.3 Å². The quantitative estimate of drug-likeness (QED) is 0.370. The monoisotopic (exact) mass is 504 g/mol. The molecule has 2 heterocycles. The smallest absolute Gasteiger partial charge is 0.406 e. The van der Waals surface area contributed by atoms with Gasteiger partial charge in [0, 0.05) is 12.1 Å². The van der Waals surface area contributed by atoms with Crippen LogP contribution < -0.4 is 16.4 Å². The van der Waals surface area contributed by atoms with Crippen molar-refractivity contribution in [3.05, 3.63) is 69.5 Å². The number of anilines is 1. The zero-order valence-electron chi connectivity index (χ0n) is 22.1. The highest BCUT2D eigenvalue weighted by Gasteiger charge is 2.21. The number of fused-ring (bicyclic) bond motifs is 1. The van der Waals surface area contributed by atoms with Crippen LogP contribution in [0.4, 0.5) is 5.69 Å². The second kappa shape index (κ2) is 9.34. The SMILES string of the molecule is Cc1ccc(C(=O)Nc2cc(C(C)(C)C)cc3[nH]c(=O)oc23)cc1-n1cc(C(=O)NCC(C)(C)C)nn1. The Kier molecular flexibility index (Phi) is 6.53. The van der Waals surface area contributed by atoms with Gasteiger partial charge < -0.3 is 15.1 Å². The first-order chi connectivity index (χ1) is 17.2. The van der Waals surface area contributed by atoms with E-state index in [2.05, 4.69) is 25.9 Å². The fourth-order valence-electron chi connectivity index (χ4n) is 3.70. The van der Waals surface area contributed by atoms with E-state index in [1.54, 1.807) is 18.2 Å². The number of rotatable bonds is 5. The van der Waals surface area contributed by atoms with Crippen molar-refractivity contribution in [3.8, 4) is 5.69 Å². The fourth-order valence-corrected chi connectivity index (χ4v) is 3.70. The van der Waals surface area contributed by atoms with Crippen molar-refractivity contribution in [2.75, 3.05) is 11.9 Å². The average molecular weight is 505 g/mol. The molecule has 0 spiro atoms. The van der Waals surface area contributed by atoms with Gasteiger partial charge in [0.2, 0.25) is 0 Å². The number of amides is 2. The summed E-state index contributed by atoms with van der Waals surface area (Å²) in [6.07, 6.45) is 1.53. The second-order valence-electron chi connectivity index (χ2n) is 11.4. The van der Waals surface area contributed by atoms with Gasteiger partial charge in [-0.2, -0.15) is 0 Å². The summed E-state index contributed by atoms with van der Waals surface area (Å²) in [7, 11) is 0. The maximum atomic E-state index is 13.3. The predicted octanol–water partition coefficient (Wildman–Crippen LogP) is 4.34. The molecule has 37 heavy (non-hydrogen) atoms. The van der Waals surface area contributed by atoms with Crippen LogP contribution in [0.25, 0.3) is 16.8 Å². The van der Waals surface area contributed by atoms with Gasteiger partial charge in [0.1, 0.15) is 0 Å². The van der Waals surface area contributed by atoms with Crippen LogP contribution in [-0.4, -0.2) is 38.3 Å². The number of H-pyrrole nitrogens is 1. The van der Waals surface area contributed by atoms with Gasteiger partial charge in [0.15, 0.2) is 11.3 Å². The number of carbonyl (C=O) groups is 2. The van der Waals surface area contributed by atoms with Crippen LogP contribution in [0.1, 0.15) is 73.5 Å². The molecule has 0 saturated carbocycles. The molecule has 4 rings (SSSR count). The van der Waals surface area contributed by atoms with Gasteiger partial charge in [0.05, 0.1) is 23.1 Å². The molecule has 0 saturated heterocycles. The van der Waals surface area contributed by atoms with Crippen LogP contribution in [0.2, 0.25) is 0 Å². The van der Waals surface area contributed by atoms with Gasteiger partial charge in [-0.15, -0.1) is 5.10 Å². The van der Waals surface area contributed by atoms with Gasteiger partial charge in [0.25, 0.3) is 11.8 Å². The van der Waals surface area contributed by atoms with E-state index in [4.69, 9.17) is 4.42 Å². The average Bonchev–Trinajstić information content (AvgIpc) is 3.43. The molecule has 0 atom stereocenters. The molecular formula is C27H32N6O4. The summed E-state index contributed by atoms with van der Waals surface area (Å²) in [4.78, 5) is 40.3. The molecule has 0 unspecified atom stereocenters. The first-order valence-corrected chi connectivity index (χ1v) is 12.0. The summed E-state index contributed by atoms with van der Waals surface area (Å²) in [5.74, 6) is -1.30. The maximum Gasteiger partial charge on any atom is 0.417 e. The summed E-state index contributed by atoms with van der Waals surface area (Å²) in [5.41, 5.74) is 3.83. The van der Waals surface area contributed by atoms with Gasteiger partial charge in [-0.25, -0.2) is 9.48 Å². The normalized spacial score (nSPS) is 12.1. The summed E-state index contributed by atoms with van der Waals surface area (Å²) in [6.45, 7) is 14.6. The third kappa shape index (κ3) is 5.79. The lowest BCUT2D eigenvalue weighted by molar-refractivity contribution is 0.0933. The minimum absolute atomic E-state index is 0.0646. The van der Waals surface area contributed by atoms with Gasteiger partial charge in [-0.1, -0.05) is 52.8 Å². The molecule has 3 N–H and O–H groups in total. The minimum Gasteiger partial charge on any atom is -0.406 e. The number of aryl methyl sites for hydroxylation is 1. The molecule has 2 aromatic carbocycles. The largest absolute Gasteiger partial charge is 0.417 e. The molecule has 194 valence electrons. The number of benzene rings is 2. The fraction of sp³-hybridized carbons (Fsp3) is 0.370. The van der Waals surface area contributed by atoms with Crippen LogP contribution in [-0.2, 0) is 5.41 Å². The molecule has 0 radical (unpaired) electrons. The van der Waals surface area contributed by atoms with E-state index < -0.39 is 5.76 Å². The number of hydrogen-bond donors (Lipinski definition) is 3. The Morgan fingerprint density at radius 1 is 1.05 bits per heavy atom. The molecule has 0 aliphatic heterocycles. The molecule has 0 aliphatic rings. The molecular weight excluding hydrogens is 472 g/mol. The van der Waals surface area contributed by atoms with E-state index in [1.807, 2.05) is 60.6 Å². The molecule has 2 amide bonds. The third-order valence-corrected chi connectivity index (χ3v) is 5.86. The Hall–Kier alpha value is -4.21. The Labute approximate surface area is 214 Å². The Bertz CT molecular complexity index is 1550. The summed E-state index contributed by atoms with van der Waals surface area (Å²) < 4.78 is 6.77. The van der Waals surface area contributed by atoms with E-state index in [-0.39, 0.29) is 33.9 Å². The number of carbonyl (C=O) groups excluding carboxylic acids is 2. The molecule has 4 aromatic rings. The zero-order valence-corrected chi connectivity index (χ0v) is 22.1. The van der Waals surface area contributed by atoms with E-state index in [9.17, 15) is 14.4 Å². The lowest BCUT2D eigenvalue weighted by Crippen LogP contribution is -2.32. The number of oxazole rings is 1. The topological polar surface area (TPSA) is 135 Å². The first-order valence-electron chi connectivity index (χ1n) is 12.0. The number of nitrogens with zero attached hydrogens (tertiary/aromatic N) is 3. The van der Waals surface area contributed by atoms with Gasteiger partial charge in [-0.05, 0) is 53.1 Å². The number of hydrogen-bond acceptors (Lipinski definition) is 6. The highest BCUT2D eigenvalue weighted by Crippen LogP contribution is 2.31. The lowest BCUT2D eigenvalue weighted by Gasteiger charge is -2.20. The summed E-state index contributed by atoms with van der Waals surface area (Å²) >= 11 is 0. The van der Waals surface area contributed by atoms with Crippen molar-refractivity contribution in [3.63, 3.8) is 0 Å². The Morgan fingerprint density at radius 3 is 2.46 bits per heavy atom. The first kappa shape index (κ1) is 25.9. The Morgan fingerprint density at radius 2 is 1.78 bits per heavy atom. The van der Waals surface area contributed by atoms with Crippen LogP contribution in [0.3, 0.4) is 0 Å². The number of aromatic nitrogens is 4. The van der Waals surface area contributed by atoms with Gasteiger partial charge in [-0.3, -0.25) is 14.6 Å². The van der Waals surface area contributed by atoms with Crippen molar-refractivity contribution in [2.24, 2.45) is 5.41 Å².